The van der Waals surface area contributed by atoms with Crippen molar-refractivity contribution in [2.24, 2.45) is 0 Å². The van der Waals surface area contributed by atoms with Gasteiger partial charge in [0.1, 0.15) is 5.69 Å². The van der Waals surface area contributed by atoms with E-state index in [4.69, 9.17) is 5.26 Å². The lowest BCUT2D eigenvalue weighted by atomic mass is 10.2. The number of hydrogen-bond acceptors (Lipinski definition) is 5. The molecule has 0 bridgehead atoms. The molecule has 0 atom stereocenters. The van der Waals surface area contributed by atoms with Gasteiger partial charge in [-0.15, -0.1) is 11.3 Å². The third-order valence-corrected chi connectivity index (χ3v) is 4.03. The van der Waals surface area contributed by atoms with Crippen molar-refractivity contribution in [3.63, 3.8) is 0 Å². The Bertz CT molecular complexity index is 663. The molecule has 0 saturated heterocycles. The molecule has 0 aliphatic carbocycles. The van der Waals surface area contributed by atoms with E-state index in [1.807, 2.05) is 18.2 Å². The fraction of sp³-hybridized carbons (Fsp3) is 0.0833. The minimum absolute atomic E-state index is 0.0328. The van der Waals surface area contributed by atoms with Gasteiger partial charge in [-0.1, -0.05) is 0 Å². The van der Waals surface area contributed by atoms with Crippen LogP contribution in [0.1, 0.15) is 10.4 Å². The predicted octanol–water partition coefficient (Wildman–Crippen LogP) is 3.90. The quantitative estimate of drug-likeness (QED) is 0.677. The summed E-state index contributed by atoms with van der Waals surface area (Å²) in [5, 5.41) is 22.7. The molecule has 1 heterocycles. The van der Waals surface area contributed by atoms with E-state index in [9.17, 15) is 10.1 Å². The minimum atomic E-state index is -0.464. The molecule has 0 amide bonds. The van der Waals surface area contributed by atoms with Crippen molar-refractivity contribution in [3.05, 3.63) is 54.7 Å². The molecule has 5 nitrogen and oxygen atoms in total. The topological polar surface area (TPSA) is 79.0 Å². The van der Waals surface area contributed by atoms with Gasteiger partial charge in [0.25, 0.3) is 5.69 Å². The van der Waals surface area contributed by atoms with Crippen LogP contribution in [0, 0.1) is 21.4 Å². The van der Waals surface area contributed by atoms with Crippen LogP contribution in [0.2, 0.25) is 0 Å². The predicted molar refractivity (Wildman–Crippen MR) is 77.2 cm³/mol. The number of nitriles is 1. The zero-order valence-corrected chi connectivity index (χ0v) is 12.0. The fourth-order valence-corrected chi connectivity index (χ4v) is 2.96. The molecule has 1 aromatic carbocycles. The monoisotopic (exact) mass is 337 g/mol. The number of thiophene rings is 1. The van der Waals surface area contributed by atoms with E-state index in [1.54, 1.807) is 11.3 Å². The minimum Gasteiger partial charge on any atom is -0.375 e. The molecule has 1 N–H and O–H groups in total. The van der Waals surface area contributed by atoms with E-state index >= 15 is 0 Å². The Kier molecular flexibility index (Phi) is 4.14. The normalized spacial score (nSPS) is 9.89. The highest BCUT2D eigenvalue weighted by Gasteiger charge is 2.14. The SMILES string of the molecule is N#Cc1ccc([N+](=O)[O-])c(NCc2ccc(Br)s2)c1. The van der Waals surface area contributed by atoms with Crippen LogP contribution in [0.15, 0.2) is 34.1 Å². The number of nitrogens with zero attached hydrogens (tertiary/aromatic N) is 2. The van der Waals surface area contributed by atoms with Crippen molar-refractivity contribution in [1.29, 1.82) is 5.26 Å². The average molecular weight is 338 g/mol. The molecular formula is C12H8BrN3O2S. The van der Waals surface area contributed by atoms with Crippen molar-refractivity contribution >= 4 is 38.6 Å². The summed E-state index contributed by atoms with van der Waals surface area (Å²) in [4.78, 5) is 11.5. The van der Waals surface area contributed by atoms with Crippen LogP contribution in [0.5, 0.6) is 0 Å². The number of anilines is 1. The molecule has 0 saturated carbocycles. The molecule has 1 aromatic heterocycles. The highest BCUT2D eigenvalue weighted by Crippen LogP contribution is 2.27. The van der Waals surface area contributed by atoms with Crippen molar-refractivity contribution < 1.29 is 4.92 Å². The first-order valence-corrected chi connectivity index (χ1v) is 6.87. The van der Waals surface area contributed by atoms with Gasteiger partial charge in [0.15, 0.2) is 0 Å². The lowest BCUT2D eigenvalue weighted by Gasteiger charge is -2.06. The van der Waals surface area contributed by atoms with Gasteiger partial charge in [-0.3, -0.25) is 10.1 Å². The lowest BCUT2D eigenvalue weighted by Crippen LogP contribution is -2.01. The number of nitro groups is 1. The second kappa shape index (κ2) is 5.82. The van der Waals surface area contributed by atoms with Gasteiger partial charge in [-0.2, -0.15) is 5.26 Å². The third-order valence-electron chi connectivity index (χ3n) is 2.40. The molecule has 2 rings (SSSR count). The first-order valence-electron chi connectivity index (χ1n) is 5.27. The summed E-state index contributed by atoms with van der Waals surface area (Å²) in [6.07, 6.45) is 0. The van der Waals surface area contributed by atoms with Gasteiger partial charge in [0.05, 0.1) is 20.3 Å². The third kappa shape index (κ3) is 3.30. The maximum Gasteiger partial charge on any atom is 0.292 e. The van der Waals surface area contributed by atoms with Gasteiger partial charge in [-0.05, 0) is 40.2 Å². The number of nitrogens with one attached hydrogen (secondary N) is 1. The van der Waals surface area contributed by atoms with Gasteiger partial charge < -0.3 is 5.32 Å². The van der Waals surface area contributed by atoms with E-state index in [0.29, 0.717) is 17.8 Å². The molecule has 0 radical (unpaired) electrons. The number of hydrogen-bond donors (Lipinski definition) is 1. The largest absolute Gasteiger partial charge is 0.375 e. The first-order chi connectivity index (χ1) is 9.10. The summed E-state index contributed by atoms with van der Waals surface area (Å²) in [6.45, 7) is 0.478. The number of benzene rings is 1. The molecule has 96 valence electrons. The Balaban J connectivity index is 2.22. The summed E-state index contributed by atoms with van der Waals surface area (Å²) in [6, 6.07) is 10.1. The molecule has 7 heteroatoms. The second-order valence-electron chi connectivity index (χ2n) is 3.66. The first kappa shape index (κ1) is 13.5. The second-order valence-corrected chi connectivity index (χ2v) is 6.21. The van der Waals surface area contributed by atoms with Gasteiger partial charge >= 0.3 is 0 Å². The van der Waals surface area contributed by atoms with Crippen molar-refractivity contribution in [3.8, 4) is 6.07 Å². The van der Waals surface area contributed by atoms with Crippen LogP contribution >= 0.6 is 27.3 Å². The Morgan fingerprint density at radius 1 is 1.42 bits per heavy atom. The average Bonchev–Trinajstić information content (AvgIpc) is 2.81. The van der Waals surface area contributed by atoms with Gasteiger partial charge in [0, 0.05) is 17.5 Å². The fourth-order valence-electron chi connectivity index (χ4n) is 1.54. The van der Waals surface area contributed by atoms with E-state index in [1.165, 1.54) is 18.2 Å². The van der Waals surface area contributed by atoms with E-state index in [0.717, 1.165) is 8.66 Å². The van der Waals surface area contributed by atoms with Crippen molar-refractivity contribution in [2.75, 3.05) is 5.32 Å². The summed E-state index contributed by atoms with van der Waals surface area (Å²) in [5.41, 5.74) is 0.712. The van der Waals surface area contributed by atoms with Crippen LogP contribution in [0.4, 0.5) is 11.4 Å². The summed E-state index contributed by atoms with van der Waals surface area (Å²) in [5.74, 6) is 0. The van der Waals surface area contributed by atoms with Gasteiger partial charge in [0.2, 0.25) is 0 Å². The van der Waals surface area contributed by atoms with E-state index in [-0.39, 0.29) is 5.69 Å². The molecular weight excluding hydrogens is 330 g/mol. The zero-order chi connectivity index (χ0) is 13.8. The Morgan fingerprint density at radius 2 is 2.21 bits per heavy atom. The molecule has 0 aliphatic heterocycles. The standard InChI is InChI=1S/C12H8BrN3O2S/c13-12-4-2-9(19-12)7-15-10-5-8(6-14)1-3-11(10)16(17)18/h1-5,15H,7H2. The van der Waals surface area contributed by atoms with Crippen LogP contribution in [0.3, 0.4) is 0 Å². The molecule has 0 aliphatic rings. The van der Waals surface area contributed by atoms with E-state index < -0.39 is 4.92 Å². The number of rotatable bonds is 4. The maximum atomic E-state index is 10.9. The van der Waals surface area contributed by atoms with Crippen LogP contribution in [0.25, 0.3) is 0 Å². The van der Waals surface area contributed by atoms with E-state index in [2.05, 4.69) is 21.2 Å². The Morgan fingerprint density at radius 3 is 2.79 bits per heavy atom. The zero-order valence-electron chi connectivity index (χ0n) is 9.59. The van der Waals surface area contributed by atoms with Crippen molar-refractivity contribution in [2.45, 2.75) is 6.54 Å². The highest BCUT2D eigenvalue weighted by atomic mass is 79.9. The van der Waals surface area contributed by atoms with Crippen LogP contribution in [-0.4, -0.2) is 4.92 Å². The maximum absolute atomic E-state index is 10.9. The summed E-state index contributed by atoms with van der Waals surface area (Å²) in [7, 11) is 0. The Hall–Kier alpha value is -1.91. The lowest BCUT2D eigenvalue weighted by molar-refractivity contribution is -0.384. The molecule has 0 spiro atoms. The summed E-state index contributed by atoms with van der Waals surface area (Å²) < 4.78 is 1.00. The van der Waals surface area contributed by atoms with Crippen molar-refractivity contribution in [1.82, 2.24) is 0 Å². The molecule has 2 aromatic rings. The molecule has 0 fully saturated rings. The van der Waals surface area contributed by atoms with Crippen LogP contribution < -0.4 is 5.32 Å². The smallest absolute Gasteiger partial charge is 0.292 e. The number of nitro benzene ring substituents is 1. The number of halogens is 1. The summed E-state index contributed by atoms with van der Waals surface area (Å²) >= 11 is 4.91. The Labute approximate surface area is 121 Å². The van der Waals surface area contributed by atoms with Gasteiger partial charge in [-0.25, -0.2) is 0 Å². The molecule has 19 heavy (non-hydrogen) atoms. The highest BCUT2D eigenvalue weighted by molar-refractivity contribution is 9.11. The van der Waals surface area contributed by atoms with Crippen LogP contribution in [-0.2, 0) is 6.54 Å². The molecule has 0 unspecified atom stereocenters.